The summed E-state index contributed by atoms with van der Waals surface area (Å²) in [4.78, 5) is 2.29. The summed E-state index contributed by atoms with van der Waals surface area (Å²) in [6.07, 6.45) is 1.10. The number of rotatable bonds is 6. The predicted molar refractivity (Wildman–Crippen MR) is 76.2 cm³/mol. The molecule has 0 aromatic heterocycles. The number of hydrogen-bond acceptors (Lipinski definition) is 5. The SMILES string of the molecule is COCC[C@H]1CN(Cc2cccc(OC)c2O)CCO1. The highest BCUT2D eigenvalue weighted by atomic mass is 16.5. The molecule has 0 bridgehead atoms. The molecule has 0 radical (unpaired) electrons. The van der Waals surface area contributed by atoms with Crippen molar-refractivity contribution in [3.05, 3.63) is 23.8 Å². The van der Waals surface area contributed by atoms with Crippen LogP contribution in [-0.4, -0.2) is 56.6 Å². The number of hydrogen-bond donors (Lipinski definition) is 1. The van der Waals surface area contributed by atoms with E-state index in [9.17, 15) is 5.11 Å². The number of aromatic hydroxyl groups is 1. The molecule has 112 valence electrons. The standard InChI is InChI=1S/C15H23NO4/c1-18-8-6-13-11-16(7-9-20-13)10-12-4-3-5-14(19-2)15(12)17/h3-5,13,17H,6-11H2,1-2H3/t13-/m0/s1. The van der Waals surface area contributed by atoms with E-state index in [1.165, 1.54) is 0 Å². The summed E-state index contributed by atoms with van der Waals surface area (Å²) < 4.78 is 15.9. The Morgan fingerprint density at radius 3 is 3.00 bits per heavy atom. The number of phenolic OH excluding ortho intramolecular Hbond substituents is 1. The lowest BCUT2D eigenvalue weighted by atomic mass is 10.1. The van der Waals surface area contributed by atoms with Gasteiger partial charge in [0.2, 0.25) is 0 Å². The molecule has 1 fully saturated rings. The highest BCUT2D eigenvalue weighted by molar-refractivity contribution is 5.45. The van der Waals surface area contributed by atoms with Gasteiger partial charge in [-0.1, -0.05) is 12.1 Å². The average Bonchev–Trinajstić information content (AvgIpc) is 2.48. The smallest absolute Gasteiger partial charge is 0.162 e. The quantitative estimate of drug-likeness (QED) is 0.859. The molecule has 1 heterocycles. The van der Waals surface area contributed by atoms with Gasteiger partial charge in [0.15, 0.2) is 11.5 Å². The van der Waals surface area contributed by atoms with Gasteiger partial charge in [-0.05, 0) is 12.5 Å². The van der Waals surface area contributed by atoms with Crippen molar-refractivity contribution in [1.82, 2.24) is 4.90 Å². The minimum atomic E-state index is 0.205. The molecule has 0 amide bonds. The van der Waals surface area contributed by atoms with Crippen LogP contribution in [-0.2, 0) is 16.0 Å². The third-order valence-electron chi connectivity index (χ3n) is 3.56. The van der Waals surface area contributed by atoms with Gasteiger partial charge in [0.25, 0.3) is 0 Å². The molecule has 0 saturated carbocycles. The van der Waals surface area contributed by atoms with Crippen molar-refractivity contribution in [3.8, 4) is 11.5 Å². The summed E-state index contributed by atoms with van der Waals surface area (Å²) in [5.74, 6) is 0.752. The van der Waals surface area contributed by atoms with Crippen LogP contribution in [0.1, 0.15) is 12.0 Å². The maximum Gasteiger partial charge on any atom is 0.162 e. The second-order valence-electron chi connectivity index (χ2n) is 4.98. The molecular weight excluding hydrogens is 258 g/mol. The summed E-state index contributed by atoms with van der Waals surface area (Å²) in [5.41, 5.74) is 0.886. The summed E-state index contributed by atoms with van der Waals surface area (Å²) in [5, 5.41) is 10.1. The van der Waals surface area contributed by atoms with Gasteiger partial charge in [-0.15, -0.1) is 0 Å². The second kappa shape index (κ2) is 7.47. The van der Waals surface area contributed by atoms with E-state index in [4.69, 9.17) is 14.2 Å². The molecule has 1 aromatic carbocycles. The average molecular weight is 281 g/mol. The molecule has 0 aliphatic carbocycles. The highest BCUT2D eigenvalue weighted by Crippen LogP contribution is 2.30. The zero-order valence-corrected chi connectivity index (χ0v) is 12.2. The number of nitrogens with zero attached hydrogens (tertiary/aromatic N) is 1. The molecule has 5 heteroatoms. The van der Waals surface area contributed by atoms with E-state index in [2.05, 4.69) is 4.90 Å². The van der Waals surface area contributed by atoms with Gasteiger partial charge in [0.1, 0.15) is 0 Å². The molecule has 20 heavy (non-hydrogen) atoms. The zero-order chi connectivity index (χ0) is 14.4. The molecule has 1 N–H and O–H groups in total. The van der Waals surface area contributed by atoms with E-state index in [-0.39, 0.29) is 11.9 Å². The summed E-state index contributed by atoms with van der Waals surface area (Å²) in [6, 6.07) is 5.59. The highest BCUT2D eigenvalue weighted by Gasteiger charge is 2.21. The fourth-order valence-electron chi connectivity index (χ4n) is 2.45. The van der Waals surface area contributed by atoms with E-state index in [0.29, 0.717) is 18.9 Å². The van der Waals surface area contributed by atoms with Crippen LogP contribution >= 0.6 is 0 Å². The van der Waals surface area contributed by atoms with Crippen LogP contribution in [0.25, 0.3) is 0 Å². The van der Waals surface area contributed by atoms with Gasteiger partial charge < -0.3 is 19.3 Å². The number of morpholine rings is 1. The van der Waals surface area contributed by atoms with Crippen molar-refractivity contribution >= 4 is 0 Å². The largest absolute Gasteiger partial charge is 0.504 e. The predicted octanol–water partition coefficient (Wildman–Crippen LogP) is 1.64. The lowest BCUT2D eigenvalue weighted by Gasteiger charge is -2.33. The first kappa shape index (κ1) is 15.1. The second-order valence-corrected chi connectivity index (χ2v) is 4.98. The number of methoxy groups -OCH3 is 2. The summed E-state index contributed by atoms with van der Waals surface area (Å²) in [6.45, 7) is 3.87. The maximum atomic E-state index is 10.1. The molecule has 5 nitrogen and oxygen atoms in total. The van der Waals surface area contributed by atoms with Crippen LogP contribution in [0, 0.1) is 0 Å². The molecular formula is C15H23NO4. The zero-order valence-electron chi connectivity index (χ0n) is 12.2. The van der Waals surface area contributed by atoms with Crippen LogP contribution in [0.4, 0.5) is 0 Å². The van der Waals surface area contributed by atoms with Crippen LogP contribution in [0.3, 0.4) is 0 Å². The Balaban J connectivity index is 1.95. The fraction of sp³-hybridized carbons (Fsp3) is 0.600. The Morgan fingerprint density at radius 2 is 2.25 bits per heavy atom. The number of ether oxygens (including phenoxy) is 3. The minimum Gasteiger partial charge on any atom is -0.504 e. The summed E-state index contributed by atoms with van der Waals surface area (Å²) >= 11 is 0. The van der Waals surface area contributed by atoms with Gasteiger partial charge in [-0.25, -0.2) is 0 Å². The van der Waals surface area contributed by atoms with Crippen LogP contribution in [0.15, 0.2) is 18.2 Å². The summed E-state index contributed by atoms with van der Waals surface area (Å²) in [7, 11) is 3.27. The van der Waals surface area contributed by atoms with Crippen LogP contribution in [0.2, 0.25) is 0 Å². The third kappa shape index (κ3) is 3.85. The van der Waals surface area contributed by atoms with E-state index in [1.54, 1.807) is 20.3 Å². The Bertz CT molecular complexity index is 424. The van der Waals surface area contributed by atoms with Crippen molar-refractivity contribution in [1.29, 1.82) is 0 Å². The lowest BCUT2D eigenvalue weighted by molar-refractivity contribution is -0.0434. The normalized spacial score (nSPS) is 20.0. The maximum absolute atomic E-state index is 10.1. The van der Waals surface area contributed by atoms with Gasteiger partial charge in [-0.3, -0.25) is 4.90 Å². The molecule has 1 saturated heterocycles. The van der Waals surface area contributed by atoms with Crippen molar-refractivity contribution < 1.29 is 19.3 Å². The number of benzene rings is 1. The van der Waals surface area contributed by atoms with Gasteiger partial charge >= 0.3 is 0 Å². The van der Waals surface area contributed by atoms with Crippen molar-refractivity contribution in [2.45, 2.75) is 19.1 Å². The van der Waals surface area contributed by atoms with Gasteiger partial charge in [-0.2, -0.15) is 0 Å². The van der Waals surface area contributed by atoms with Crippen LogP contribution in [0.5, 0.6) is 11.5 Å². The third-order valence-corrected chi connectivity index (χ3v) is 3.56. The minimum absolute atomic E-state index is 0.205. The Morgan fingerprint density at radius 1 is 1.40 bits per heavy atom. The Hall–Kier alpha value is -1.30. The topological polar surface area (TPSA) is 51.2 Å². The fourth-order valence-corrected chi connectivity index (χ4v) is 2.45. The Kier molecular flexibility index (Phi) is 5.64. The molecule has 1 aromatic rings. The molecule has 1 aliphatic rings. The molecule has 0 unspecified atom stereocenters. The molecule has 2 rings (SSSR count). The van der Waals surface area contributed by atoms with E-state index >= 15 is 0 Å². The van der Waals surface area contributed by atoms with E-state index in [1.807, 2.05) is 12.1 Å². The first-order chi connectivity index (χ1) is 9.74. The Labute approximate surface area is 120 Å². The van der Waals surface area contributed by atoms with Crippen molar-refractivity contribution in [2.75, 3.05) is 40.5 Å². The lowest BCUT2D eigenvalue weighted by Crippen LogP contribution is -2.42. The van der Waals surface area contributed by atoms with Crippen molar-refractivity contribution in [3.63, 3.8) is 0 Å². The number of phenols is 1. The van der Waals surface area contributed by atoms with E-state index < -0.39 is 0 Å². The number of para-hydroxylation sites is 1. The van der Waals surface area contributed by atoms with Crippen molar-refractivity contribution in [2.24, 2.45) is 0 Å². The first-order valence-electron chi connectivity index (χ1n) is 6.92. The van der Waals surface area contributed by atoms with E-state index in [0.717, 1.165) is 31.7 Å². The molecule has 0 spiro atoms. The molecule has 1 atom stereocenters. The van der Waals surface area contributed by atoms with Crippen LogP contribution < -0.4 is 4.74 Å². The van der Waals surface area contributed by atoms with Gasteiger partial charge in [0, 0.05) is 38.9 Å². The first-order valence-corrected chi connectivity index (χ1v) is 6.92. The molecule has 1 aliphatic heterocycles. The monoisotopic (exact) mass is 281 g/mol. The van der Waals surface area contributed by atoms with Gasteiger partial charge in [0.05, 0.1) is 19.8 Å².